The first-order valence-corrected chi connectivity index (χ1v) is 8.44. The summed E-state index contributed by atoms with van der Waals surface area (Å²) in [6.45, 7) is 4.54. The van der Waals surface area contributed by atoms with Crippen LogP contribution >= 0.6 is 0 Å². The van der Waals surface area contributed by atoms with Crippen molar-refractivity contribution in [3.63, 3.8) is 0 Å². The Morgan fingerprint density at radius 2 is 1.92 bits per heavy atom. The summed E-state index contributed by atoms with van der Waals surface area (Å²) in [5.74, 6) is -1.31. The van der Waals surface area contributed by atoms with Crippen LogP contribution in [0.4, 0.5) is 0 Å². The molecule has 0 aliphatic carbocycles. The number of ether oxygens (including phenoxy) is 5. The molecule has 2 heterocycles. The summed E-state index contributed by atoms with van der Waals surface area (Å²) < 4.78 is 27.7. The van der Waals surface area contributed by atoms with Crippen molar-refractivity contribution in [1.82, 2.24) is 0 Å². The molecule has 7 nitrogen and oxygen atoms in total. The SMILES string of the molecule is CC1(C)O[C@@H](COC(=O)c2ccccc2)[C@H](C(O)CC2OCCO2)O1. The molecule has 1 unspecified atom stereocenters. The number of esters is 1. The van der Waals surface area contributed by atoms with E-state index < -0.39 is 36.4 Å². The van der Waals surface area contributed by atoms with Crippen LogP contribution < -0.4 is 0 Å². The van der Waals surface area contributed by atoms with Gasteiger partial charge in [0.2, 0.25) is 0 Å². The maximum absolute atomic E-state index is 12.1. The fourth-order valence-electron chi connectivity index (χ4n) is 3.01. The van der Waals surface area contributed by atoms with Gasteiger partial charge in [-0.2, -0.15) is 0 Å². The minimum Gasteiger partial charge on any atom is -0.459 e. The molecular formula is C18H24O7. The van der Waals surface area contributed by atoms with Crippen LogP contribution in [0.25, 0.3) is 0 Å². The third kappa shape index (κ3) is 4.77. The van der Waals surface area contributed by atoms with Crippen molar-refractivity contribution in [2.45, 2.75) is 50.7 Å². The van der Waals surface area contributed by atoms with Crippen LogP contribution in [-0.4, -0.2) is 61.3 Å². The maximum atomic E-state index is 12.1. The summed E-state index contributed by atoms with van der Waals surface area (Å²) in [7, 11) is 0. The molecule has 0 saturated carbocycles. The molecular weight excluding hydrogens is 328 g/mol. The van der Waals surface area contributed by atoms with E-state index in [1.54, 1.807) is 38.1 Å². The lowest BCUT2D eigenvalue weighted by Gasteiger charge is -2.24. The van der Waals surface area contributed by atoms with Crippen LogP contribution in [0.15, 0.2) is 30.3 Å². The quantitative estimate of drug-likeness (QED) is 0.777. The zero-order valence-corrected chi connectivity index (χ0v) is 14.4. The van der Waals surface area contributed by atoms with Crippen LogP contribution in [0, 0.1) is 0 Å². The van der Waals surface area contributed by atoms with E-state index in [0.29, 0.717) is 18.8 Å². The average molecular weight is 352 g/mol. The molecule has 0 amide bonds. The molecule has 2 aliphatic heterocycles. The number of hydrogen-bond acceptors (Lipinski definition) is 7. The lowest BCUT2D eigenvalue weighted by atomic mass is 10.1. The normalized spacial score (nSPS) is 27.3. The van der Waals surface area contributed by atoms with Gasteiger partial charge in [0, 0.05) is 6.42 Å². The fourth-order valence-corrected chi connectivity index (χ4v) is 3.01. The highest BCUT2D eigenvalue weighted by atomic mass is 16.8. The average Bonchev–Trinajstić information content (AvgIpc) is 3.20. The molecule has 1 N–H and O–H groups in total. The Hall–Kier alpha value is -1.51. The Balaban J connectivity index is 1.58. The zero-order chi connectivity index (χ0) is 17.9. The molecule has 0 bridgehead atoms. The van der Waals surface area contributed by atoms with Crippen molar-refractivity contribution < 1.29 is 33.6 Å². The van der Waals surface area contributed by atoms with Crippen molar-refractivity contribution in [2.75, 3.05) is 19.8 Å². The molecule has 0 radical (unpaired) electrons. The zero-order valence-electron chi connectivity index (χ0n) is 14.4. The molecule has 138 valence electrons. The number of rotatable bonds is 6. The predicted octanol–water partition coefficient (Wildman–Crippen LogP) is 1.49. The summed E-state index contributed by atoms with van der Waals surface area (Å²) in [5.41, 5.74) is 0.463. The van der Waals surface area contributed by atoms with Gasteiger partial charge in [-0.15, -0.1) is 0 Å². The van der Waals surface area contributed by atoms with Gasteiger partial charge in [0.15, 0.2) is 12.1 Å². The third-order valence-corrected chi connectivity index (χ3v) is 4.11. The van der Waals surface area contributed by atoms with Crippen LogP contribution in [0.2, 0.25) is 0 Å². The first-order chi connectivity index (χ1) is 11.9. The standard InChI is InChI=1S/C18H24O7/c1-18(2)24-14(11-23-17(20)12-6-4-3-5-7-12)16(25-18)13(19)10-15-21-8-9-22-15/h3-7,13-16,19H,8-11H2,1-2H3/t13?,14-,16-/m0/s1. The predicted molar refractivity (Wildman–Crippen MR) is 86.9 cm³/mol. The summed E-state index contributed by atoms with van der Waals surface area (Å²) in [4.78, 5) is 12.1. The monoisotopic (exact) mass is 352 g/mol. The summed E-state index contributed by atoms with van der Waals surface area (Å²) >= 11 is 0. The van der Waals surface area contributed by atoms with E-state index in [1.807, 2.05) is 6.07 Å². The van der Waals surface area contributed by atoms with Gasteiger partial charge in [-0.3, -0.25) is 0 Å². The second-order valence-corrected chi connectivity index (χ2v) is 6.58. The summed E-state index contributed by atoms with van der Waals surface area (Å²) in [6, 6.07) is 8.72. The van der Waals surface area contributed by atoms with Gasteiger partial charge in [0.05, 0.1) is 24.9 Å². The molecule has 2 aliphatic rings. The van der Waals surface area contributed by atoms with E-state index in [4.69, 9.17) is 23.7 Å². The Bertz CT molecular complexity index is 568. The Morgan fingerprint density at radius 1 is 1.24 bits per heavy atom. The summed E-state index contributed by atoms with van der Waals surface area (Å²) in [5, 5.41) is 10.5. The minimum atomic E-state index is -0.868. The van der Waals surface area contributed by atoms with Crippen molar-refractivity contribution in [2.24, 2.45) is 0 Å². The molecule has 1 aromatic rings. The van der Waals surface area contributed by atoms with Gasteiger partial charge >= 0.3 is 5.97 Å². The first kappa shape index (κ1) is 18.3. The van der Waals surface area contributed by atoms with E-state index in [-0.39, 0.29) is 13.0 Å². The van der Waals surface area contributed by atoms with Crippen molar-refractivity contribution in [3.05, 3.63) is 35.9 Å². The Kier molecular flexibility index (Phi) is 5.71. The molecule has 2 fully saturated rings. The van der Waals surface area contributed by atoms with Crippen LogP contribution in [-0.2, 0) is 23.7 Å². The van der Waals surface area contributed by atoms with Crippen molar-refractivity contribution in [1.29, 1.82) is 0 Å². The van der Waals surface area contributed by atoms with Gasteiger partial charge in [0.25, 0.3) is 0 Å². The molecule has 0 spiro atoms. The molecule has 7 heteroatoms. The molecule has 3 atom stereocenters. The van der Waals surface area contributed by atoms with Gasteiger partial charge in [-0.25, -0.2) is 4.79 Å². The van der Waals surface area contributed by atoms with Crippen molar-refractivity contribution in [3.8, 4) is 0 Å². The Labute approximate surface area is 146 Å². The largest absolute Gasteiger partial charge is 0.459 e. The number of aliphatic hydroxyl groups is 1. The van der Waals surface area contributed by atoms with Gasteiger partial charge in [0.1, 0.15) is 18.8 Å². The lowest BCUT2D eigenvalue weighted by molar-refractivity contribution is -0.162. The third-order valence-electron chi connectivity index (χ3n) is 4.11. The highest BCUT2D eigenvalue weighted by molar-refractivity contribution is 5.89. The molecule has 3 rings (SSSR count). The lowest BCUT2D eigenvalue weighted by Crippen LogP contribution is -2.40. The number of carbonyl (C=O) groups is 1. The topological polar surface area (TPSA) is 83.5 Å². The number of hydrogen-bond donors (Lipinski definition) is 1. The van der Waals surface area contributed by atoms with Gasteiger partial charge < -0.3 is 28.8 Å². The molecule has 0 aromatic heterocycles. The van der Waals surface area contributed by atoms with E-state index >= 15 is 0 Å². The molecule has 25 heavy (non-hydrogen) atoms. The number of benzene rings is 1. The first-order valence-electron chi connectivity index (χ1n) is 8.44. The second kappa shape index (κ2) is 7.80. The van der Waals surface area contributed by atoms with Crippen LogP contribution in [0.3, 0.4) is 0 Å². The maximum Gasteiger partial charge on any atom is 0.338 e. The highest BCUT2D eigenvalue weighted by Gasteiger charge is 2.46. The van der Waals surface area contributed by atoms with E-state index in [9.17, 15) is 9.90 Å². The van der Waals surface area contributed by atoms with Gasteiger partial charge in [-0.1, -0.05) is 18.2 Å². The smallest absolute Gasteiger partial charge is 0.338 e. The number of aliphatic hydroxyl groups excluding tert-OH is 1. The second-order valence-electron chi connectivity index (χ2n) is 6.58. The Morgan fingerprint density at radius 3 is 2.60 bits per heavy atom. The van der Waals surface area contributed by atoms with Gasteiger partial charge in [-0.05, 0) is 26.0 Å². The minimum absolute atomic E-state index is 0.00867. The number of carbonyl (C=O) groups excluding carboxylic acids is 1. The molecule has 2 saturated heterocycles. The van der Waals surface area contributed by atoms with E-state index in [0.717, 1.165) is 0 Å². The summed E-state index contributed by atoms with van der Waals surface area (Å²) in [6.07, 6.45) is -2.24. The van der Waals surface area contributed by atoms with E-state index in [2.05, 4.69) is 0 Å². The highest BCUT2D eigenvalue weighted by Crippen LogP contribution is 2.32. The molecule has 1 aromatic carbocycles. The van der Waals surface area contributed by atoms with Crippen LogP contribution in [0.1, 0.15) is 30.6 Å². The van der Waals surface area contributed by atoms with E-state index in [1.165, 1.54) is 0 Å². The van der Waals surface area contributed by atoms with Crippen molar-refractivity contribution >= 4 is 5.97 Å². The van der Waals surface area contributed by atoms with Crippen LogP contribution in [0.5, 0.6) is 0 Å². The fraction of sp³-hybridized carbons (Fsp3) is 0.611.